The fourth-order valence-electron chi connectivity index (χ4n) is 0. The van der Waals surface area contributed by atoms with E-state index >= 15 is 0 Å². The summed E-state index contributed by atoms with van der Waals surface area (Å²) in [5, 5.41) is 0. The van der Waals surface area contributed by atoms with E-state index in [4.69, 9.17) is 0 Å². The van der Waals surface area contributed by atoms with Crippen molar-refractivity contribution < 1.29 is 39.3 Å². The normalized spacial score (nSPS) is 0. The third kappa shape index (κ3) is 177. The molecule has 0 fully saturated rings. The molecule has 0 aromatic carbocycles. The molecule has 2 N–H and O–H groups in total. The molecule has 5 heteroatoms. The Kier molecular flexibility index (Phi) is 53100. The van der Waals surface area contributed by atoms with Crippen molar-refractivity contribution in [1.82, 2.24) is 0 Å². The van der Waals surface area contributed by atoms with Crippen molar-refractivity contribution in [3.63, 3.8) is 0 Å². The fourth-order valence-corrected chi connectivity index (χ4v) is 0. The van der Waals surface area contributed by atoms with E-state index in [1.54, 1.807) is 0 Å². The van der Waals surface area contributed by atoms with Crippen LogP contribution in [0.15, 0.2) is 0 Å². The van der Waals surface area contributed by atoms with E-state index in [0.717, 1.165) is 0 Å². The Morgan fingerprint density at radius 1 is 0.600 bits per heavy atom. The van der Waals surface area contributed by atoms with E-state index in [0.29, 0.717) is 0 Å². The predicted molar refractivity (Wildman–Crippen MR) is 5.24 cm³/mol. The SMILES string of the molecule is [Cr+6].[O-2].[O-2].[OH-].[OH-]. The first-order chi connectivity index (χ1) is 0. The third-order valence-electron chi connectivity index (χ3n) is 0. The Morgan fingerprint density at radius 2 is 0.600 bits per heavy atom. The average molecular weight is 118 g/mol. The summed E-state index contributed by atoms with van der Waals surface area (Å²) in [5.41, 5.74) is 0. The largest absolute Gasteiger partial charge is 6.00 e. The van der Waals surface area contributed by atoms with Crippen molar-refractivity contribution in [2.45, 2.75) is 0 Å². The molecule has 0 saturated heterocycles. The van der Waals surface area contributed by atoms with Crippen LogP contribution in [0.3, 0.4) is 0 Å². The first-order valence-electron chi connectivity index (χ1n) is 0. The van der Waals surface area contributed by atoms with Gasteiger partial charge in [-0.2, -0.15) is 0 Å². The van der Waals surface area contributed by atoms with Crippen LogP contribution in [0.1, 0.15) is 0 Å². The molecule has 0 amide bonds. The molecule has 0 aliphatic rings. The van der Waals surface area contributed by atoms with E-state index < -0.39 is 0 Å². The van der Waals surface area contributed by atoms with Gasteiger partial charge in [-0.25, -0.2) is 0 Å². The summed E-state index contributed by atoms with van der Waals surface area (Å²) in [4.78, 5) is 0. The number of hydrogen-bond acceptors (Lipinski definition) is 2. The van der Waals surface area contributed by atoms with Gasteiger partial charge in [-0.3, -0.25) is 0 Å². The van der Waals surface area contributed by atoms with Crippen LogP contribution in [-0.2, 0) is 28.3 Å². The summed E-state index contributed by atoms with van der Waals surface area (Å²) >= 11 is 0. The maximum atomic E-state index is 0. The Bertz CT molecular complexity index is 3.61. The molecule has 0 spiro atoms. The van der Waals surface area contributed by atoms with Crippen molar-refractivity contribution in [1.29, 1.82) is 0 Å². The zero-order valence-corrected chi connectivity index (χ0v) is 3.39. The van der Waals surface area contributed by atoms with Gasteiger partial charge in [-0.1, -0.05) is 0 Å². The molecule has 0 heterocycles. The van der Waals surface area contributed by atoms with Crippen molar-refractivity contribution in [3.05, 3.63) is 0 Å². The van der Waals surface area contributed by atoms with Crippen LogP contribution in [-0.4, -0.2) is 11.0 Å². The Morgan fingerprint density at radius 3 is 0.600 bits per heavy atom. The monoisotopic (exact) mass is 118 g/mol. The number of hydrogen-bond donors (Lipinski definition) is 0. The molecule has 32 valence electrons. The van der Waals surface area contributed by atoms with Crippen LogP contribution in [0, 0.1) is 0 Å². The van der Waals surface area contributed by atoms with Gasteiger partial charge in [0.1, 0.15) is 0 Å². The predicted octanol–water partition coefficient (Wildman–Crippen LogP) is -0.594. The Labute approximate surface area is 40.2 Å². The molecule has 0 aliphatic heterocycles. The van der Waals surface area contributed by atoms with Gasteiger partial charge in [0, 0.05) is 0 Å². The van der Waals surface area contributed by atoms with Crippen LogP contribution in [0.25, 0.3) is 0 Å². The van der Waals surface area contributed by atoms with E-state index in [9.17, 15) is 0 Å². The molecule has 0 aromatic rings. The van der Waals surface area contributed by atoms with E-state index in [1.165, 1.54) is 0 Å². The second-order valence-corrected chi connectivity index (χ2v) is 0. The topological polar surface area (TPSA) is 117 Å². The van der Waals surface area contributed by atoms with Gasteiger partial charge in [0.15, 0.2) is 0 Å². The first-order valence-corrected chi connectivity index (χ1v) is 0. The minimum atomic E-state index is 0. The van der Waals surface area contributed by atoms with Gasteiger partial charge in [0.05, 0.1) is 0 Å². The molecule has 5 heavy (non-hydrogen) atoms. The molecule has 4 nitrogen and oxygen atoms in total. The van der Waals surface area contributed by atoms with Crippen molar-refractivity contribution in [2.75, 3.05) is 0 Å². The molecule has 0 aliphatic carbocycles. The molecule has 0 atom stereocenters. The Balaban J connectivity index is 0. The van der Waals surface area contributed by atoms with E-state index in [-0.39, 0.29) is 39.3 Å². The molecule has 0 bridgehead atoms. The standard InChI is InChI=1S/Cr.2H2O.2O/h;2*1H2;;/q+6;;;2*-2/p-2. The van der Waals surface area contributed by atoms with Gasteiger partial charge in [-0.15, -0.1) is 0 Å². The minimum absolute atomic E-state index is 0. The zero-order chi connectivity index (χ0) is 0. The van der Waals surface area contributed by atoms with Crippen LogP contribution < -0.4 is 0 Å². The van der Waals surface area contributed by atoms with Crippen LogP contribution >= 0.6 is 0 Å². The van der Waals surface area contributed by atoms with Crippen molar-refractivity contribution >= 4 is 0 Å². The number of rotatable bonds is 0. The third-order valence-corrected chi connectivity index (χ3v) is 0. The van der Waals surface area contributed by atoms with Gasteiger partial charge < -0.3 is 21.9 Å². The second kappa shape index (κ2) is 358. The maximum absolute atomic E-state index is 0. The van der Waals surface area contributed by atoms with Crippen molar-refractivity contribution in [2.24, 2.45) is 0 Å². The van der Waals surface area contributed by atoms with Crippen LogP contribution in [0.4, 0.5) is 0 Å². The summed E-state index contributed by atoms with van der Waals surface area (Å²) in [6.07, 6.45) is 0. The van der Waals surface area contributed by atoms with Crippen LogP contribution in [0.5, 0.6) is 0 Å². The molecule has 0 aromatic heterocycles. The molecule has 0 unspecified atom stereocenters. The molecule has 0 saturated carbocycles. The van der Waals surface area contributed by atoms with Crippen LogP contribution in [0.2, 0.25) is 0 Å². The average Bonchev–Trinajstić information content (AvgIpc) is 0. The minimum Gasteiger partial charge on any atom is -2.00 e. The molecule has 0 radical (unpaired) electrons. The van der Waals surface area contributed by atoms with E-state index in [2.05, 4.69) is 0 Å². The molecular weight excluding hydrogens is 116 g/mol. The summed E-state index contributed by atoms with van der Waals surface area (Å²) in [7, 11) is 0. The second-order valence-electron chi connectivity index (χ2n) is 0. The molecular formula is H2CrO4. The molecule has 0 rings (SSSR count). The van der Waals surface area contributed by atoms with Gasteiger partial charge >= 0.3 is 17.4 Å². The quantitative estimate of drug-likeness (QED) is 0.422. The van der Waals surface area contributed by atoms with Crippen molar-refractivity contribution in [3.8, 4) is 0 Å². The zero-order valence-electron chi connectivity index (χ0n) is 2.12. The smallest absolute Gasteiger partial charge is 2.00 e. The van der Waals surface area contributed by atoms with Gasteiger partial charge in [0.2, 0.25) is 0 Å². The summed E-state index contributed by atoms with van der Waals surface area (Å²) in [6, 6.07) is 0. The first kappa shape index (κ1) is 740. The summed E-state index contributed by atoms with van der Waals surface area (Å²) < 4.78 is 0. The maximum Gasteiger partial charge on any atom is 6.00 e. The van der Waals surface area contributed by atoms with E-state index in [1.807, 2.05) is 0 Å². The fraction of sp³-hybridized carbons (Fsp3) is 0. The summed E-state index contributed by atoms with van der Waals surface area (Å²) in [5.74, 6) is 0. The van der Waals surface area contributed by atoms with Gasteiger partial charge in [-0.05, 0) is 0 Å². The van der Waals surface area contributed by atoms with Gasteiger partial charge in [0.25, 0.3) is 0 Å². The Hall–Kier alpha value is 0.372. The summed E-state index contributed by atoms with van der Waals surface area (Å²) in [6.45, 7) is 0.